The minimum atomic E-state index is -3.95. The Morgan fingerprint density at radius 2 is 2.20 bits per heavy atom. The van der Waals surface area contributed by atoms with Crippen LogP contribution in [0.4, 0.5) is 0 Å². The fourth-order valence-electron chi connectivity index (χ4n) is 1.06. The number of hydrogen-bond donors (Lipinski definition) is 2. The van der Waals surface area contributed by atoms with Crippen molar-refractivity contribution in [1.82, 2.24) is 4.89 Å². The Hall–Kier alpha value is -0.660. The minimum Gasteiger partial charge on any atom is -0.380 e. The summed E-state index contributed by atoms with van der Waals surface area (Å²) in [5.74, 6) is 0. The molecule has 5 nitrogen and oxygen atoms in total. The van der Waals surface area contributed by atoms with E-state index in [1.165, 1.54) is 24.1 Å². The normalized spacial score (nSPS) is 11.7. The van der Waals surface area contributed by atoms with Crippen LogP contribution in [0.5, 0.6) is 0 Å². The largest absolute Gasteiger partial charge is 0.380 e. The predicted molar refractivity (Wildman–Crippen MR) is 54.3 cm³/mol. The molecule has 1 aromatic rings. The molecule has 0 bridgehead atoms. The van der Waals surface area contributed by atoms with E-state index in [1.807, 2.05) is 0 Å². The molecule has 0 aliphatic carbocycles. The van der Waals surface area contributed by atoms with Gasteiger partial charge in [-0.2, -0.15) is 0 Å². The Morgan fingerprint density at radius 3 is 2.73 bits per heavy atom. The summed E-state index contributed by atoms with van der Waals surface area (Å²) in [7, 11) is -2.46. The highest BCUT2D eigenvalue weighted by Gasteiger charge is 2.17. The Labute approximate surface area is 92.6 Å². The smallest absolute Gasteiger partial charge is 0.263 e. The zero-order valence-electron chi connectivity index (χ0n) is 7.90. The SMILES string of the molecule is COCc1ccc(Cl)c(S(=O)(=O)NO)c1. The van der Waals surface area contributed by atoms with Crippen molar-refractivity contribution < 1.29 is 18.4 Å². The van der Waals surface area contributed by atoms with Crippen LogP contribution < -0.4 is 4.89 Å². The van der Waals surface area contributed by atoms with Crippen LogP contribution >= 0.6 is 11.6 Å². The van der Waals surface area contributed by atoms with E-state index in [1.54, 1.807) is 6.07 Å². The maximum atomic E-state index is 11.3. The van der Waals surface area contributed by atoms with Crippen LogP contribution in [0.3, 0.4) is 0 Å². The fraction of sp³-hybridized carbons (Fsp3) is 0.250. The molecule has 1 aromatic carbocycles. The summed E-state index contributed by atoms with van der Waals surface area (Å²) in [6, 6.07) is 4.41. The van der Waals surface area contributed by atoms with Gasteiger partial charge < -0.3 is 9.94 Å². The molecule has 0 fully saturated rings. The van der Waals surface area contributed by atoms with Crippen LogP contribution in [-0.4, -0.2) is 20.7 Å². The average Bonchev–Trinajstić information content (AvgIpc) is 2.21. The van der Waals surface area contributed by atoms with Gasteiger partial charge in [0.25, 0.3) is 10.0 Å². The van der Waals surface area contributed by atoms with E-state index >= 15 is 0 Å². The molecule has 0 unspecified atom stereocenters. The maximum Gasteiger partial charge on any atom is 0.263 e. The van der Waals surface area contributed by atoms with Gasteiger partial charge in [0.05, 0.1) is 11.6 Å². The highest BCUT2D eigenvalue weighted by Crippen LogP contribution is 2.22. The first-order valence-corrected chi connectivity index (χ1v) is 5.80. The summed E-state index contributed by atoms with van der Waals surface area (Å²) in [4.78, 5) is 1.04. The fourth-order valence-corrected chi connectivity index (χ4v) is 2.21. The predicted octanol–water partition coefficient (Wildman–Crippen LogP) is 1.15. The van der Waals surface area contributed by atoms with E-state index in [-0.39, 0.29) is 16.5 Å². The summed E-state index contributed by atoms with van der Waals surface area (Å²) in [5, 5.41) is 8.50. The Bertz CT molecular complexity index is 446. The zero-order chi connectivity index (χ0) is 11.5. The van der Waals surface area contributed by atoms with E-state index in [4.69, 9.17) is 21.5 Å². The Balaban J connectivity index is 3.23. The lowest BCUT2D eigenvalue weighted by molar-refractivity contribution is 0.184. The molecule has 0 atom stereocenters. The number of rotatable bonds is 4. The zero-order valence-corrected chi connectivity index (χ0v) is 9.47. The van der Waals surface area contributed by atoms with Gasteiger partial charge in [-0.1, -0.05) is 22.6 Å². The number of sulfonamides is 1. The van der Waals surface area contributed by atoms with Gasteiger partial charge in [-0.25, -0.2) is 8.42 Å². The monoisotopic (exact) mass is 251 g/mol. The molecule has 84 valence electrons. The van der Waals surface area contributed by atoms with E-state index < -0.39 is 10.0 Å². The molecule has 15 heavy (non-hydrogen) atoms. The van der Waals surface area contributed by atoms with Crippen molar-refractivity contribution in [1.29, 1.82) is 0 Å². The molecule has 0 aromatic heterocycles. The average molecular weight is 252 g/mol. The Kier molecular flexibility index (Phi) is 4.06. The number of ether oxygens (including phenoxy) is 1. The van der Waals surface area contributed by atoms with Gasteiger partial charge in [-0.3, -0.25) is 0 Å². The van der Waals surface area contributed by atoms with Crippen molar-refractivity contribution >= 4 is 21.6 Å². The lowest BCUT2D eigenvalue weighted by atomic mass is 10.2. The molecule has 0 heterocycles. The molecule has 0 spiro atoms. The second-order valence-electron chi connectivity index (χ2n) is 2.79. The lowest BCUT2D eigenvalue weighted by Crippen LogP contribution is -2.19. The molecule has 7 heteroatoms. The third-order valence-electron chi connectivity index (χ3n) is 1.72. The van der Waals surface area contributed by atoms with Crippen LogP contribution in [0.15, 0.2) is 23.1 Å². The second-order valence-corrected chi connectivity index (χ2v) is 4.83. The van der Waals surface area contributed by atoms with Crippen molar-refractivity contribution in [3.63, 3.8) is 0 Å². The second kappa shape index (κ2) is 4.91. The minimum absolute atomic E-state index is 0.0383. The number of methoxy groups -OCH3 is 1. The highest BCUT2D eigenvalue weighted by molar-refractivity contribution is 7.89. The molecule has 1 rings (SSSR count). The maximum absolute atomic E-state index is 11.3. The van der Waals surface area contributed by atoms with Gasteiger partial charge in [0.2, 0.25) is 0 Å². The Morgan fingerprint density at radius 1 is 1.53 bits per heavy atom. The van der Waals surface area contributed by atoms with Crippen molar-refractivity contribution in [3.05, 3.63) is 28.8 Å². The lowest BCUT2D eigenvalue weighted by Gasteiger charge is -2.06. The first-order valence-electron chi connectivity index (χ1n) is 3.94. The quantitative estimate of drug-likeness (QED) is 0.788. The molecule has 0 radical (unpaired) electrons. The highest BCUT2D eigenvalue weighted by atomic mass is 35.5. The third-order valence-corrected chi connectivity index (χ3v) is 3.32. The summed E-state index contributed by atoms with van der Waals surface area (Å²) in [5.41, 5.74) is 0.649. The third kappa shape index (κ3) is 2.90. The summed E-state index contributed by atoms with van der Waals surface area (Å²) >= 11 is 5.69. The van der Waals surface area contributed by atoms with E-state index in [0.717, 1.165) is 0 Å². The number of benzene rings is 1. The standard InChI is InChI=1S/C8H10ClNO4S/c1-14-5-6-2-3-7(9)8(4-6)15(12,13)10-11/h2-4,10-11H,5H2,1H3. The topological polar surface area (TPSA) is 75.6 Å². The molecule has 0 amide bonds. The molecule has 0 aliphatic heterocycles. The summed E-state index contributed by atoms with van der Waals surface area (Å²) in [6.07, 6.45) is 0. The van der Waals surface area contributed by atoms with E-state index in [9.17, 15) is 8.42 Å². The summed E-state index contributed by atoms with van der Waals surface area (Å²) in [6.45, 7) is 0.269. The number of halogens is 1. The van der Waals surface area contributed by atoms with Gasteiger partial charge in [-0.05, 0) is 17.7 Å². The molecule has 0 aliphatic rings. The van der Waals surface area contributed by atoms with Crippen LogP contribution in [0.1, 0.15) is 5.56 Å². The summed E-state index contributed by atoms with van der Waals surface area (Å²) < 4.78 is 27.4. The van der Waals surface area contributed by atoms with E-state index in [2.05, 4.69) is 0 Å². The number of nitrogens with one attached hydrogen (secondary N) is 1. The first-order chi connectivity index (χ1) is 7.01. The molecule has 0 saturated carbocycles. The van der Waals surface area contributed by atoms with Gasteiger partial charge in [0.15, 0.2) is 0 Å². The van der Waals surface area contributed by atoms with Gasteiger partial charge in [0, 0.05) is 7.11 Å². The van der Waals surface area contributed by atoms with Gasteiger partial charge >= 0.3 is 0 Å². The van der Waals surface area contributed by atoms with Gasteiger partial charge in [0.1, 0.15) is 4.90 Å². The molecular weight excluding hydrogens is 242 g/mol. The van der Waals surface area contributed by atoms with Crippen molar-refractivity contribution in [2.45, 2.75) is 11.5 Å². The van der Waals surface area contributed by atoms with E-state index in [0.29, 0.717) is 5.56 Å². The van der Waals surface area contributed by atoms with Crippen LogP contribution in [0.25, 0.3) is 0 Å². The van der Waals surface area contributed by atoms with Crippen LogP contribution in [-0.2, 0) is 21.4 Å². The van der Waals surface area contributed by atoms with Gasteiger partial charge in [-0.15, -0.1) is 0 Å². The molecule has 0 saturated heterocycles. The molecule has 2 N–H and O–H groups in total. The first kappa shape index (κ1) is 12.4. The van der Waals surface area contributed by atoms with Crippen molar-refractivity contribution in [3.8, 4) is 0 Å². The van der Waals surface area contributed by atoms with Crippen LogP contribution in [0.2, 0.25) is 5.02 Å². The van der Waals surface area contributed by atoms with Crippen molar-refractivity contribution in [2.75, 3.05) is 7.11 Å². The number of hydrogen-bond acceptors (Lipinski definition) is 4. The van der Waals surface area contributed by atoms with Crippen molar-refractivity contribution in [2.24, 2.45) is 0 Å². The van der Waals surface area contributed by atoms with Crippen LogP contribution in [0, 0.1) is 0 Å². The molecular formula is C8H10ClNO4S.